The highest BCUT2D eigenvalue weighted by Gasteiger charge is 2.30. The van der Waals surface area contributed by atoms with Crippen molar-refractivity contribution in [3.8, 4) is 0 Å². The number of H-pyrrole nitrogens is 1. The molecule has 0 saturated carbocycles. The fourth-order valence-electron chi connectivity index (χ4n) is 3.22. The number of hydrogen-bond acceptors (Lipinski definition) is 8. The van der Waals surface area contributed by atoms with E-state index in [2.05, 4.69) is 15.7 Å². The number of aromatic amines is 1. The van der Waals surface area contributed by atoms with Crippen LogP contribution in [0.5, 0.6) is 0 Å². The van der Waals surface area contributed by atoms with Crippen LogP contribution in [0.4, 0.5) is 4.79 Å². The number of carbonyl (C=O) groups excluding carboxylic acids is 2. The molecule has 0 fully saturated rings. The molecule has 37 heavy (non-hydrogen) atoms. The van der Waals surface area contributed by atoms with Crippen molar-refractivity contribution in [2.75, 3.05) is 26.0 Å². The largest absolute Gasteiger partial charge is 0.449 e. The molecule has 2 amide bonds. The SMILES string of the molecule is CC(C)CNC(=O)OCCc1c([C@@H](COCc2ccccc2)NC(=O)C(C)(C)N)[nH]n(S(C)(=O)=O)c1=O. The molecule has 0 aliphatic heterocycles. The van der Waals surface area contributed by atoms with E-state index in [0.717, 1.165) is 11.8 Å². The molecule has 1 aromatic heterocycles. The fraction of sp³-hybridized carbons (Fsp3) is 0.542. The normalized spacial score (nSPS) is 12.8. The zero-order chi connectivity index (χ0) is 27.8. The molecule has 0 aliphatic rings. The standard InChI is InChI=1S/C24H37N5O7S/c1-16(2)13-26-23(32)36-12-11-18-20(28-29(21(18)30)37(5,33)34)19(27-22(31)24(3,4)25)15-35-14-17-9-7-6-8-10-17/h6-10,16,19,28H,11-15,25H2,1-5H3,(H,26,32)(H,27,31)/t19-/m1/s1. The monoisotopic (exact) mass is 539 g/mol. The quantitative estimate of drug-likeness (QED) is 0.292. The summed E-state index contributed by atoms with van der Waals surface area (Å²) in [6.45, 7) is 7.22. The van der Waals surface area contributed by atoms with E-state index in [9.17, 15) is 22.8 Å². The third-order valence-electron chi connectivity index (χ3n) is 5.20. The van der Waals surface area contributed by atoms with Crippen molar-refractivity contribution in [2.24, 2.45) is 11.7 Å². The van der Waals surface area contributed by atoms with Crippen molar-refractivity contribution in [2.45, 2.75) is 52.3 Å². The first-order valence-corrected chi connectivity index (χ1v) is 13.7. The lowest BCUT2D eigenvalue weighted by Crippen LogP contribution is -2.50. The van der Waals surface area contributed by atoms with Crippen LogP contribution >= 0.6 is 0 Å². The number of aromatic nitrogens is 2. The average molecular weight is 540 g/mol. The second kappa shape index (κ2) is 12.9. The third-order valence-corrected chi connectivity index (χ3v) is 6.12. The summed E-state index contributed by atoms with van der Waals surface area (Å²) in [6.07, 6.45) is 0.117. The number of amides is 2. The van der Waals surface area contributed by atoms with E-state index >= 15 is 0 Å². The molecule has 0 saturated heterocycles. The molecule has 1 atom stereocenters. The van der Waals surface area contributed by atoms with Crippen LogP contribution < -0.4 is 21.9 Å². The Morgan fingerprint density at radius 1 is 1.19 bits per heavy atom. The Labute approximate surface area is 216 Å². The maximum atomic E-state index is 13.0. The molecular formula is C24H37N5O7S. The zero-order valence-corrected chi connectivity index (χ0v) is 22.7. The summed E-state index contributed by atoms with van der Waals surface area (Å²) in [6, 6.07) is 8.37. The summed E-state index contributed by atoms with van der Waals surface area (Å²) < 4.78 is 35.9. The van der Waals surface area contributed by atoms with E-state index in [-0.39, 0.29) is 43.4 Å². The Morgan fingerprint density at radius 2 is 1.84 bits per heavy atom. The molecule has 206 valence electrons. The van der Waals surface area contributed by atoms with E-state index in [1.165, 1.54) is 13.8 Å². The molecule has 13 heteroatoms. The Morgan fingerprint density at radius 3 is 2.41 bits per heavy atom. The van der Waals surface area contributed by atoms with Gasteiger partial charge in [0.05, 0.1) is 43.4 Å². The molecule has 0 bridgehead atoms. The highest BCUT2D eigenvalue weighted by molar-refractivity contribution is 7.89. The van der Waals surface area contributed by atoms with E-state index < -0.39 is 39.2 Å². The second-order valence-corrected chi connectivity index (χ2v) is 11.6. The topological polar surface area (TPSA) is 175 Å². The van der Waals surface area contributed by atoms with Gasteiger partial charge in [-0.05, 0) is 25.3 Å². The van der Waals surface area contributed by atoms with Gasteiger partial charge in [0.2, 0.25) is 5.91 Å². The Kier molecular flexibility index (Phi) is 10.5. The molecule has 12 nitrogen and oxygen atoms in total. The summed E-state index contributed by atoms with van der Waals surface area (Å²) in [7, 11) is -4.00. The lowest BCUT2D eigenvalue weighted by atomic mass is 10.0. The minimum Gasteiger partial charge on any atom is -0.449 e. The van der Waals surface area contributed by atoms with Gasteiger partial charge in [-0.15, -0.1) is 4.09 Å². The van der Waals surface area contributed by atoms with Crippen molar-refractivity contribution >= 4 is 22.0 Å². The molecule has 0 aliphatic carbocycles. The van der Waals surface area contributed by atoms with Crippen molar-refractivity contribution in [3.05, 3.63) is 57.5 Å². The van der Waals surface area contributed by atoms with Crippen molar-refractivity contribution < 1.29 is 27.5 Å². The number of carbonyl (C=O) groups is 2. The van der Waals surface area contributed by atoms with Crippen LogP contribution in [0.1, 0.15) is 50.6 Å². The van der Waals surface area contributed by atoms with Gasteiger partial charge in [0.25, 0.3) is 15.6 Å². The zero-order valence-electron chi connectivity index (χ0n) is 21.9. The van der Waals surface area contributed by atoms with Crippen LogP contribution in [0.25, 0.3) is 0 Å². The van der Waals surface area contributed by atoms with Gasteiger partial charge in [0, 0.05) is 18.5 Å². The van der Waals surface area contributed by atoms with E-state index in [1.54, 1.807) is 0 Å². The van der Waals surface area contributed by atoms with Crippen LogP contribution in [0.2, 0.25) is 0 Å². The molecule has 1 heterocycles. The highest BCUT2D eigenvalue weighted by Crippen LogP contribution is 2.18. The van der Waals surface area contributed by atoms with E-state index in [4.69, 9.17) is 15.2 Å². The van der Waals surface area contributed by atoms with E-state index in [0.29, 0.717) is 10.6 Å². The molecule has 5 N–H and O–H groups in total. The molecule has 2 aromatic rings. The van der Waals surface area contributed by atoms with Gasteiger partial charge >= 0.3 is 6.09 Å². The molecule has 2 rings (SSSR count). The summed E-state index contributed by atoms with van der Waals surface area (Å²) >= 11 is 0. The van der Waals surface area contributed by atoms with Crippen LogP contribution in [0.15, 0.2) is 35.1 Å². The number of rotatable bonds is 13. The Balaban J connectivity index is 2.34. The molecule has 0 radical (unpaired) electrons. The minimum atomic E-state index is -4.00. The van der Waals surface area contributed by atoms with Crippen LogP contribution in [0.3, 0.4) is 0 Å². The summed E-state index contributed by atoms with van der Waals surface area (Å²) in [5.41, 5.74) is 4.89. The highest BCUT2D eigenvalue weighted by atomic mass is 32.2. The first-order chi connectivity index (χ1) is 17.2. The number of benzene rings is 1. The lowest BCUT2D eigenvalue weighted by molar-refractivity contribution is -0.126. The van der Waals surface area contributed by atoms with Gasteiger partial charge in [-0.3, -0.25) is 14.7 Å². The number of nitrogens with one attached hydrogen (secondary N) is 3. The van der Waals surface area contributed by atoms with Gasteiger partial charge in [-0.25, -0.2) is 13.2 Å². The summed E-state index contributed by atoms with van der Waals surface area (Å²) in [5, 5.41) is 7.93. The second-order valence-electron chi connectivity index (χ2n) is 9.75. The van der Waals surface area contributed by atoms with Gasteiger partial charge in [0.1, 0.15) is 0 Å². The van der Waals surface area contributed by atoms with E-state index in [1.807, 2.05) is 44.2 Å². The first-order valence-electron chi connectivity index (χ1n) is 11.9. The van der Waals surface area contributed by atoms with Gasteiger partial charge < -0.3 is 25.8 Å². The number of nitrogens with two attached hydrogens (primary N) is 1. The predicted octanol–water partition coefficient (Wildman–Crippen LogP) is 1.02. The molecule has 0 spiro atoms. The lowest BCUT2D eigenvalue weighted by Gasteiger charge is -2.24. The number of alkyl carbamates (subject to hydrolysis) is 1. The van der Waals surface area contributed by atoms with Crippen molar-refractivity contribution in [1.29, 1.82) is 0 Å². The average Bonchev–Trinajstić information content (AvgIpc) is 3.13. The fourth-order valence-corrected chi connectivity index (χ4v) is 3.90. The van der Waals surface area contributed by atoms with Crippen molar-refractivity contribution in [3.63, 3.8) is 0 Å². The van der Waals surface area contributed by atoms with Crippen LogP contribution in [-0.4, -0.2) is 61.2 Å². The Bertz CT molecular complexity index is 1210. The molecule has 1 aromatic carbocycles. The Hall–Kier alpha value is -3.16. The summed E-state index contributed by atoms with van der Waals surface area (Å²) in [4.78, 5) is 37.7. The number of hydrogen-bond donors (Lipinski definition) is 4. The maximum Gasteiger partial charge on any atom is 0.407 e. The predicted molar refractivity (Wildman–Crippen MR) is 138 cm³/mol. The number of nitrogens with zero attached hydrogens (tertiary/aromatic N) is 1. The van der Waals surface area contributed by atoms with Gasteiger partial charge in [-0.1, -0.05) is 44.2 Å². The van der Waals surface area contributed by atoms with Crippen molar-refractivity contribution in [1.82, 2.24) is 19.8 Å². The third kappa shape index (κ3) is 9.34. The van der Waals surface area contributed by atoms with Crippen LogP contribution in [-0.2, 0) is 37.3 Å². The minimum absolute atomic E-state index is 0.0329. The molecule has 0 unspecified atom stereocenters. The maximum absolute atomic E-state index is 13.0. The molecular weight excluding hydrogens is 502 g/mol. The van der Waals surface area contributed by atoms with Gasteiger partial charge in [-0.2, -0.15) is 0 Å². The smallest absolute Gasteiger partial charge is 0.407 e. The first kappa shape index (κ1) is 30.1. The summed E-state index contributed by atoms with van der Waals surface area (Å²) in [5.74, 6) is -0.318. The van der Waals surface area contributed by atoms with Gasteiger partial charge in [0.15, 0.2) is 0 Å². The number of ether oxygens (including phenoxy) is 2. The van der Waals surface area contributed by atoms with Crippen LogP contribution in [0, 0.1) is 5.92 Å².